The van der Waals surface area contributed by atoms with Gasteiger partial charge in [-0.1, -0.05) is 0 Å². The molecule has 0 spiro atoms. The van der Waals surface area contributed by atoms with Crippen LogP contribution in [0.1, 0.15) is 6.42 Å². The van der Waals surface area contributed by atoms with Crippen molar-refractivity contribution < 1.29 is 9.90 Å². The van der Waals surface area contributed by atoms with Crippen LogP contribution >= 0.6 is 11.6 Å². The molecular formula is C10H11ClN4O2. The average molecular weight is 255 g/mol. The molecule has 1 N–H and O–H groups in total. The number of fused-ring (bicyclic) bond motifs is 2. The monoisotopic (exact) mass is 254 g/mol. The molecule has 6 nitrogen and oxygen atoms in total. The third-order valence-electron chi connectivity index (χ3n) is 3.35. The first-order valence-electron chi connectivity index (χ1n) is 5.40. The number of halogens is 1. The topological polar surface area (TPSA) is 69.6 Å². The summed E-state index contributed by atoms with van der Waals surface area (Å²) in [7, 11) is 0. The molecule has 3 fully saturated rings. The quantitative estimate of drug-likeness (QED) is 0.759. The van der Waals surface area contributed by atoms with Crippen LogP contribution in [-0.2, 0) is 0 Å². The van der Waals surface area contributed by atoms with Crippen molar-refractivity contribution in [1.29, 1.82) is 0 Å². The summed E-state index contributed by atoms with van der Waals surface area (Å²) in [4.78, 5) is 22.5. The van der Waals surface area contributed by atoms with Crippen LogP contribution in [0.4, 0.5) is 10.6 Å². The molecule has 3 aliphatic heterocycles. The fourth-order valence-electron chi connectivity index (χ4n) is 2.61. The van der Waals surface area contributed by atoms with Gasteiger partial charge in [-0.3, -0.25) is 4.90 Å². The first kappa shape index (κ1) is 10.6. The lowest BCUT2D eigenvalue weighted by molar-refractivity contribution is 0.0112. The number of nitrogens with zero attached hydrogens (tertiary/aromatic N) is 4. The number of carbonyl (C=O) groups is 1. The minimum absolute atomic E-state index is 0.0833. The second-order valence-electron chi connectivity index (χ2n) is 4.32. The Bertz CT molecular complexity index is 457. The smallest absolute Gasteiger partial charge is 0.407 e. The minimum atomic E-state index is -0.827. The molecule has 0 aromatic carbocycles. The second-order valence-corrected chi connectivity index (χ2v) is 4.66. The Kier molecular flexibility index (Phi) is 2.32. The van der Waals surface area contributed by atoms with E-state index < -0.39 is 6.09 Å². The molecule has 0 aliphatic carbocycles. The van der Waals surface area contributed by atoms with Crippen molar-refractivity contribution in [1.82, 2.24) is 14.9 Å². The third-order valence-corrected chi connectivity index (χ3v) is 3.53. The first-order valence-corrected chi connectivity index (χ1v) is 5.77. The third kappa shape index (κ3) is 1.68. The summed E-state index contributed by atoms with van der Waals surface area (Å²) < 4.78 is 0. The van der Waals surface area contributed by atoms with Crippen LogP contribution in [0.3, 0.4) is 0 Å². The summed E-state index contributed by atoms with van der Waals surface area (Å²) in [5, 5.41) is 9.22. The molecule has 1 aromatic heterocycles. The van der Waals surface area contributed by atoms with E-state index in [1.165, 1.54) is 4.90 Å². The lowest BCUT2D eigenvalue weighted by atomic mass is 9.88. The van der Waals surface area contributed by atoms with E-state index >= 15 is 0 Å². The number of anilines is 1. The Morgan fingerprint density at radius 1 is 1.47 bits per heavy atom. The predicted octanol–water partition coefficient (Wildman–Crippen LogP) is 1.07. The Hall–Kier alpha value is -1.56. The van der Waals surface area contributed by atoms with Gasteiger partial charge >= 0.3 is 6.09 Å². The van der Waals surface area contributed by atoms with Gasteiger partial charge in [0.05, 0.1) is 12.1 Å². The molecule has 0 saturated carbocycles. The summed E-state index contributed by atoms with van der Waals surface area (Å²) in [5.74, 6) is 0.768. The lowest BCUT2D eigenvalue weighted by Gasteiger charge is -2.55. The van der Waals surface area contributed by atoms with Crippen molar-refractivity contribution in [2.24, 2.45) is 0 Å². The van der Waals surface area contributed by atoms with E-state index in [1.54, 1.807) is 12.3 Å². The van der Waals surface area contributed by atoms with E-state index in [1.807, 2.05) is 0 Å². The van der Waals surface area contributed by atoms with Gasteiger partial charge in [-0.25, -0.2) is 14.8 Å². The van der Waals surface area contributed by atoms with Crippen LogP contribution in [0, 0.1) is 0 Å². The van der Waals surface area contributed by atoms with E-state index in [2.05, 4.69) is 14.9 Å². The molecule has 4 heterocycles. The number of piperidine rings is 1. The van der Waals surface area contributed by atoms with Crippen molar-refractivity contribution in [3.63, 3.8) is 0 Å². The number of hydrogen-bond donors (Lipinski definition) is 1. The highest BCUT2D eigenvalue weighted by molar-refractivity contribution is 6.28. The minimum Gasteiger partial charge on any atom is -0.465 e. The van der Waals surface area contributed by atoms with Gasteiger partial charge in [-0.2, -0.15) is 0 Å². The number of amides is 1. The first-order chi connectivity index (χ1) is 8.15. The van der Waals surface area contributed by atoms with Gasteiger partial charge in [0.1, 0.15) is 5.82 Å². The average Bonchev–Trinajstić information content (AvgIpc) is 2.28. The van der Waals surface area contributed by atoms with Crippen LogP contribution in [0.2, 0.25) is 5.28 Å². The van der Waals surface area contributed by atoms with E-state index in [9.17, 15) is 4.79 Å². The van der Waals surface area contributed by atoms with Gasteiger partial charge in [0, 0.05) is 19.3 Å². The molecule has 2 bridgehead atoms. The SMILES string of the molecule is O=C(O)N1C2CC1CN(c1ccnc(Cl)n1)C2. The number of carboxylic acid groups (broad SMARTS) is 1. The molecule has 1 amide bonds. The summed E-state index contributed by atoms with van der Waals surface area (Å²) in [6.07, 6.45) is 1.73. The summed E-state index contributed by atoms with van der Waals surface area (Å²) in [6, 6.07) is 1.96. The summed E-state index contributed by atoms with van der Waals surface area (Å²) in [5.41, 5.74) is 0. The molecule has 7 heteroatoms. The van der Waals surface area contributed by atoms with Crippen molar-refractivity contribution in [2.45, 2.75) is 18.5 Å². The van der Waals surface area contributed by atoms with E-state index in [4.69, 9.17) is 16.7 Å². The number of rotatable bonds is 1. The lowest BCUT2D eigenvalue weighted by Crippen LogP contribution is -2.70. The van der Waals surface area contributed by atoms with E-state index in [0.717, 1.165) is 12.2 Å². The Labute approximate surface area is 103 Å². The molecule has 4 rings (SSSR count). The van der Waals surface area contributed by atoms with Crippen molar-refractivity contribution >= 4 is 23.5 Å². The highest BCUT2D eigenvalue weighted by Crippen LogP contribution is 2.33. The maximum absolute atomic E-state index is 11.0. The van der Waals surface area contributed by atoms with E-state index in [0.29, 0.717) is 13.1 Å². The van der Waals surface area contributed by atoms with Gasteiger partial charge in [0.15, 0.2) is 0 Å². The zero-order valence-electron chi connectivity index (χ0n) is 8.95. The molecule has 2 atom stereocenters. The Morgan fingerprint density at radius 2 is 2.18 bits per heavy atom. The Morgan fingerprint density at radius 3 is 2.76 bits per heavy atom. The molecular weight excluding hydrogens is 244 g/mol. The normalized spacial score (nSPS) is 26.6. The second kappa shape index (κ2) is 3.73. The van der Waals surface area contributed by atoms with Crippen LogP contribution < -0.4 is 4.90 Å². The fraction of sp³-hybridized carbons (Fsp3) is 0.500. The largest absolute Gasteiger partial charge is 0.465 e. The molecule has 3 aliphatic rings. The van der Waals surface area contributed by atoms with Crippen LogP contribution in [0.5, 0.6) is 0 Å². The predicted molar refractivity (Wildman–Crippen MR) is 61.3 cm³/mol. The summed E-state index contributed by atoms with van der Waals surface area (Å²) >= 11 is 5.74. The molecule has 1 aromatic rings. The number of aromatic nitrogens is 2. The maximum Gasteiger partial charge on any atom is 0.407 e. The zero-order chi connectivity index (χ0) is 12.0. The van der Waals surface area contributed by atoms with Crippen LogP contribution in [-0.4, -0.2) is 51.2 Å². The molecule has 17 heavy (non-hydrogen) atoms. The van der Waals surface area contributed by atoms with E-state index in [-0.39, 0.29) is 17.4 Å². The van der Waals surface area contributed by atoms with Gasteiger partial charge in [-0.05, 0) is 24.1 Å². The highest BCUT2D eigenvalue weighted by atomic mass is 35.5. The molecule has 90 valence electrons. The summed E-state index contributed by atoms with van der Waals surface area (Å²) in [6.45, 7) is 1.35. The van der Waals surface area contributed by atoms with Crippen molar-refractivity contribution in [3.05, 3.63) is 17.5 Å². The molecule has 0 radical (unpaired) electrons. The van der Waals surface area contributed by atoms with Crippen molar-refractivity contribution in [3.8, 4) is 0 Å². The number of hydrogen-bond acceptors (Lipinski definition) is 4. The molecule has 2 unspecified atom stereocenters. The van der Waals surface area contributed by atoms with Gasteiger partial charge < -0.3 is 10.0 Å². The van der Waals surface area contributed by atoms with Gasteiger partial charge in [-0.15, -0.1) is 0 Å². The van der Waals surface area contributed by atoms with Crippen LogP contribution in [0.15, 0.2) is 12.3 Å². The Balaban J connectivity index is 1.76. The van der Waals surface area contributed by atoms with Crippen LogP contribution in [0.25, 0.3) is 0 Å². The number of piperazine rings is 1. The zero-order valence-corrected chi connectivity index (χ0v) is 9.71. The van der Waals surface area contributed by atoms with Gasteiger partial charge in [0.2, 0.25) is 5.28 Å². The van der Waals surface area contributed by atoms with Gasteiger partial charge in [0.25, 0.3) is 0 Å². The highest BCUT2D eigenvalue weighted by Gasteiger charge is 2.47. The standard InChI is InChI=1S/C10H11ClN4O2/c11-9-12-2-1-8(13-9)14-4-6-3-7(5-14)15(6)10(16)17/h1-2,6-7H,3-5H2,(H,16,17). The fourth-order valence-corrected chi connectivity index (χ4v) is 2.75. The maximum atomic E-state index is 11.0. The van der Waals surface area contributed by atoms with Crippen molar-refractivity contribution in [2.75, 3.05) is 18.0 Å². The molecule has 3 saturated heterocycles.